The van der Waals surface area contributed by atoms with Crippen LogP contribution >= 0.6 is 15.9 Å². The lowest BCUT2D eigenvalue weighted by atomic mass is 9.95. The summed E-state index contributed by atoms with van der Waals surface area (Å²) in [6, 6.07) is 5.78. The van der Waals surface area contributed by atoms with Crippen LogP contribution in [0, 0.1) is 5.92 Å². The Morgan fingerprint density at radius 1 is 1.10 bits per heavy atom. The molecule has 3 unspecified atom stereocenters. The number of ether oxygens (including phenoxy) is 2. The van der Waals surface area contributed by atoms with Crippen LogP contribution in [0.1, 0.15) is 56.9 Å². The van der Waals surface area contributed by atoms with Crippen molar-refractivity contribution in [1.29, 1.82) is 0 Å². The van der Waals surface area contributed by atoms with Crippen LogP contribution in [0.5, 0.6) is 0 Å². The molecule has 0 radical (unpaired) electrons. The topological polar surface area (TPSA) is 52.6 Å². The highest BCUT2D eigenvalue weighted by Gasteiger charge is 2.44. The summed E-state index contributed by atoms with van der Waals surface area (Å²) in [5, 5.41) is 0. The van der Waals surface area contributed by atoms with E-state index in [0.717, 1.165) is 28.4 Å². The molecule has 1 aromatic carbocycles. The first kappa shape index (κ1) is 16.0. The van der Waals surface area contributed by atoms with Gasteiger partial charge in [0.25, 0.3) is 0 Å². The molecule has 1 aliphatic carbocycles. The molecule has 0 amide bonds. The van der Waals surface area contributed by atoms with Crippen molar-refractivity contribution >= 4 is 27.9 Å². The van der Waals surface area contributed by atoms with Crippen LogP contribution in [0.15, 0.2) is 22.7 Å². The molecule has 0 N–H and O–H groups in total. The standard InChI is InChI=1S/C16H19BrO4/c1-4-5-13-15(20-9(2)18)12-7-6-11(17)8-14(12)16(13)21-10(3)19/h6-8,13,15-16H,4-5H2,1-3H3. The average Bonchev–Trinajstić information content (AvgIpc) is 2.64. The molecule has 2 rings (SSSR count). The van der Waals surface area contributed by atoms with E-state index in [1.807, 2.05) is 18.2 Å². The number of rotatable bonds is 4. The largest absolute Gasteiger partial charge is 0.457 e. The molecule has 114 valence electrons. The van der Waals surface area contributed by atoms with Crippen LogP contribution in [0.4, 0.5) is 0 Å². The summed E-state index contributed by atoms with van der Waals surface area (Å²) in [7, 11) is 0. The van der Waals surface area contributed by atoms with Gasteiger partial charge in [0.05, 0.1) is 0 Å². The van der Waals surface area contributed by atoms with Crippen LogP contribution in [-0.4, -0.2) is 11.9 Å². The van der Waals surface area contributed by atoms with Crippen molar-refractivity contribution in [2.75, 3.05) is 0 Å². The lowest BCUT2D eigenvalue weighted by Crippen LogP contribution is -2.20. The van der Waals surface area contributed by atoms with Crippen LogP contribution in [0.25, 0.3) is 0 Å². The predicted molar refractivity (Wildman–Crippen MR) is 81.6 cm³/mol. The van der Waals surface area contributed by atoms with Crippen molar-refractivity contribution in [3.05, 3.63) is 33.8 Å². The van der Waals surface area contributed by atoms with Gasteiger partial charge in [0.15, 0.2) is 0 Å². The molecule has 0 heterocycles. The van der Waals surface area contributed by atoms with Crippen molar-refractivity contribution < 1.29 is 19.1 Å². The lowest BCUT2D eigenvalue weighted by molar-refractivity contribution is -0.157. The third kappa shape index (κ3) is 3.46. The van der Waals surface area contributed by atoms with Crippen LogP contribution in [0.3, 0.4) is 0 Å². The zero-order valence-corrected chi connectivity index (χ0v) is 14.0. The van der Waals surface area contributed by atoms with E-state index in [2.05, 4.69) is 22.9 Å². The number of hydrogen-bond acceptors (Lipinski definition) is 4. The van der Waals surface area contributed by atoms with Gasteiger partial charge in [-0.25, -0.2) is 0 Å². The van der Waals surface area contributed by atoms with Crippen LogP contribution in [-0.2, 0) is 19.1 Å². The zero-order chi connectivity index (χ0) is 15.6. The second kappa shape index (κ2) is 6.60. The Bertz CT molecular complexity index is 555. The molecule has 1 aliphatic rings. The van der Waals surface area contributed by atoms with Crippen molar-refractivity contribution in [2.24, 2.45) is 5.92 Å². The molecule has 0 aliphatic heterocycles. The fourth-order valence-corrected chi connectivity index (χ4v) is 3.35. The first-order valence-corrected chi connectivity index (χ1v) is 7.87. The Balaban J connectivity index is 2.45. The van der Waals surface area contributed by atoms with Gasteiger partial charge in [-0.2, -0.15) is 0 Å². The SMILES string of the molecule is CCCC1C(OC(C)=O)c2ccc(Br)cc2C1OC(C)=O. The lowest BCUT2D eigenvalue weighted by Gasteiger charge is -2.24. The maximum absolute atomic E-state index is 11.4. The minimum absolute atomic E-state index is 0.0351. The number of halogens is 1. The molecule has 0 bridgehead atoms. The highest BCUT2D eigenvalue weighted by molar-refractivity contribution is 9.10. The van der Waals surface area contributed by atoms with Crippen molar-refractivity contribution in [3.8, 4) is 0 Å². The monoisotopic (exact) mass is 354 g/mol. The van der Waals surface area contributed by atoms with E-state index in [1.165, 1.54) is 13.8 Å². The van der Waals surface area contributed by atoms with Gasteiger partial charge >= 0.3 is 11.9 Å². The van der Waals surface area contributed by atoms with Gasteiger partial charge < -0.3 is 9.47 Å². The second-order valence-corrected chi connectivity index (χ2v) is 6.20. The Kier molecular flexibility index (Phi) is 5.04. The summed E-state index contributed by atoms with van der Waals surface area (Å²) in [4.78, 5) is 22.8. The Morgan fingerprint density at radius 2 is 1.67 bits per heavy atom. The van der Waals surface area contributed by atoms with Gasteiger partial charge in [-0.15, -0.1) is 0 Å². The Hall–Kier alpha value is -1.36. The molecule has 0 fully saturated rings. The summed E-state index contributed by atoms with van der Waals surface area (Å²) in [6.07, 6.45) is 1.03. The molecule has 4 nitrogen and oxygen atoms in total. The minimum Gasteiger partial charge on any atom is -0.457 e. The third-order valence-electron chi connectivity index (χ3n) is 3.65. The third-order valence-corrected chi connectivity index (χ3v) is 4.14. The highest BCUT2D eigenvalue weighted by atomic mass is 79.9. The normalized spacial score (nSPS) is 23.5. The molecule has 0 aromatic heterocycles. The van der Waals surface area contributed by atoms with E-state index in [9.17, 15) is 9.59 Å². The molecule has 0 saturated carbocycles. The molecule has 5 heteroatoms. The Labute approximate surface area is 132 Å². The van der Waals surface area contributed by atoms with E-state index >= 15 is 0 Å². The molecule has 3 atom stereocenters. The molecular formula is C16H19BrO4. The summed E-state index contributed by atoms with van der Waals surface area (Å²) < 4.78 is 11.9. The fourth-order valence-electron chi connectivity index (χ4n) is 2.97. The van der Waals surface area contributed by atoms with E-state index < -0.39 is 0 Å². The first-order valence-electron chi connectivity index (χ1n) is 7.07. The fraction of sp³-hybridized carbons (Fsp3) is 0.500. The van der Waals surface area contributed by atoms with Gasteiger partial charge in [0.1, 0.15) is 12.2 Å². The van der Waals surface area contributed by atoms with Crippen LogP contribution < -0.4 is 0 Å². The van der Waals surface area contributed by atoms with Crippen LogP contribution in [0.2, 0.25) is 0 Å². The van der Waals surface area contributed by atoms with Gasteiger partial charge in [-0.05, 0) is 24.1 Å². The summed E-state index contributed by atoms with van der Waals surface area (Å²) >= 11 is 3.44. The molecule has 0 saturated heterocycles. The van der Waals surface area contributed by atoms with E-state index in [4.69, 9.17) is 9.47 Å². The second-order valence-electron chi connectivity index (χ2n) is 5.29. The van der Waals surface area contributed by atoms with E-state index in [-0.39, 0.29) is 30.1 Å². The summed E-state index contributed by atoms with van der Waals surface area (Å²) in [5.41, 5.74) is 1.85. The maximum atomic E-state index is 11.4. The predicted octanol–water partition coefficient (Wildman–Crippen LogP) is 4.09. The molecular weight excluding hydrogens is 336 g/mol. The van der Waals surface area contributed by atoms with Gasteiger partial charge in [0, 0.05) is 29.8 Å². The van der Waals surface area contributed by atoms with Gasteiger partial charge in [-0.3, -0.25) is 9.59 Å². The van der Waals surface area contributed by atoms with Crippen molar-refractivity contribution in [2.45, 2.75) is 45.8 Å². The summed E-state index contributed by atoms with van der Waals surface area (Å²) in [6.45, 7) is 4.87. The Morgan fingerprint density at radius 3 is 2.19 bits per heavy atom. The number of carbonyl (C=O) groups excluding carboxylic acids is 2. The van der Waals surface area contributed by atoms with Crippen molar-refractivity contribution in [3.63, 3.8) is 0 Å². The molecule has 0 spiro atoms. The highest BCUT2D eigenvalue weighted by Crippen LogP contribution is 2.50. The smallest absolute Gasteiger partial charge is 0.303 e. The number of benzene rings is 1. The molecule has 21 heavy (non-hydrogen) atoms. The number of carbonyl (C=O) groups is 2. The zero-order valence-electron chi connectivity index (χ0n) is 12.4. The average molecular weight is 355 g/mol. The number of esters is 2. The molecule has 1 aromatic rings. The van der Waals surface area contributed by atoms with Gasteiger partial charge in [0.2, 0.25) is 0 Å². The minimum atomic E-state index is -0.362. The number of hydrogen-bond donors (Lipinski definition) is 0. The quantitative estimate of drug-likeness (QED) is 0.764. The van der Waals surface area contributed by atoms with Crippen molar-refractivity contribution in [1.82, 2.24) is 0 Å². The number of fused-ring (bicyclic) bond motifs is 1. The summed E-state index contributed by atoms with van der Waals surface area (Å²) in [5.74, 6) is -0.680. The van der Waals surface area contributed by atoms with Gasteiger partial charge in [-0.1, -0.05) is 35.3 Å². The first-order chi connectivity index (χ1) is 9.93. The van der Waals surface area contributed by atoms with E-state index in [0.29, 0.717) is 0 Å². The van der Waals surface area contributed by atoms with E-state index in [1.54, 1.807) is 0 Å². The maximum Gasteiger partial charge on any atom is 0.303 e.